The number of hydrogen-bond donors (Lipinski definition) is 2. The minimum absolute atomic E-state index is 0.123. The average molecular weight is 258 g/mol. The second kappa shape index (κ2) is 4.81. The van der Waals surface area contributed by atoms with Gasteiger partial charge in [-0.1, -0.05) is 11.2 Å². The van der Waals surface area contributed by atoms with E-state index < -0.39 is 0 Å². The number of carbonyl (C=O) groups excluding carboxylic acids is 1. The first-order valence-electron chi connectivity index (χ1n) is 6.16. The third kappa shape index (κ3) is 2.48. The van der Waals surface area contributed by atoms with E-state index in [1.54, 1.807) is 6.92 Å². The SMILES string of the molecule is Cc1nnc(NC(=O)c2ccc3c(c2)CNCC3)o1. The standard InChI is InChI=1S/C13H14N4O2/c1-8-16-17-13(19-8)15-12(18)10-3-2-9-4-5-14-7-11(9)6-10/h2-3,6,14H,4-5,7H2,1H3,(H,15,17,18). The van der Waals surface area contributed by atoms with Crippen LogP contribution < -0.4 is 10.6 Å². The summed E-state index contributed by atoms with van der Waals surface area (Å²) in [4.78, 5) is 12.0. The summed E-state index contributed by atoms with van der Waals surface area (Å²) in [7, 11) is 0. The molecule has 0 saturated heterocycles. The van der Waals surface area contributed by atoms with E-state index in [-0.39, 0.29) is 11.9 Å². The van der Waals surface area contributed by atoms with Crippen molar-refractivity contribution in [3.63, 3.8) is 0 Å². The molecule has 1 amide bonds. The molecule has 0 aliphatic carbocycles. The van der Waals surface area contributed by atoms with Crippen molar-refractivity contribution in [3.8, 4) is 0 Å². The zero-order chi connectivity index (χ0) is 13.2. The maximum Gasteiger partial charge on any atom is 0.322 e. The summed E-state index contributed by atoms with van der Waals surface area (Å²) in [5.41, 5.74) is 3.06. The number of hydrogen-bond acceptors (Lipinski definition) is 5. The highest BCUT2D eigenvalue weighted by Crippen LogP contribution is 2.17. The zero-order valence-corrected chi connectivity index (χ0v) is 10.6. The van der Waals surface area contributed by atoms with Gasteiger partial charge in [-0.05, 0) is 36.2 Å². The molecular weight excluding hydrogens is 244 g/mol. The second-order valence-electron chi connectivity index (χ2n) is 4.49. The molecule has 0 unspecified atom stereocenters. The van der Waals surface area contributed by atoms with E-state index in [0.29, 0.717) is 11.5 Å². The Labute approximate surface area is 110 Å². The Morgan fingerprint density at radius 1 is 1.37 bits per heavy atom. The Balaban J connectivity index is 1.80. The fraction of sp³-hybridized carbons (Fsp3) is 0.308. The van der Waals surface area contributed by atoms with Crippen LogP contribution in [0.2, 0.25) is 0 Å². The number of nitrogens with one attached hydrogen (secondary N) is 2. The van der Waals surface area contributed by atoms with Gasteiger partial charge in [0.2, 0.25) is 5.89 Å². The molecule has 2 heterocycles. The average Bonchev–Trinajstić information content (AvgIpc) is 2.83. The molecular formula is C13H14N4O2. The maximum absolute atomic E-state index is 12.0. The largest absolute Gasteiger partial charge is 0.408 e. The fourth-order valence-corrected chi connectivity index (χ4v) is 2.14. The highest BCUT2D eigenvalue weighted by molar-refractivity contribution is 6.03. The second-order valence-corrected chi connectivity index (χ2v) is 4.49. The van der Waals surface area contributed by atoms with Crippen LogP contribution in [-0.2, 0) is 13.0 Å². The van der Waals surface area contributed by atoms with Crippen LogP contribution in [-0.4, -0.2) is 22.6 Å². The molecule has 1 aliphatic heterocycles. The van der Waals surface area contributed by atoms with Gasteiger partial charge in [0.05, 0.1) is 0 Å². The molecule has 3 rings (SSSR count). The van der Waals surface area contributed by atoms with Crippen molar-refractivity contribution < 1.29 is 9.21 Å². The van der Waals surface area contributed by atoms with Crippen LogP contribution in [0.4, 0.5) is 6.01 Å². The fourth-order valence-electron chi connectivity index (χ4n) is 2.14. The number of fused-ring (bicyclic) bond motifs is 1. The molecule has 0 atom stereocenters. The molecule has 2 aromatic rings. The van der Waals surface area contributed by atoms with Gasteiger partial charge in [0, 0.05) is 19.0 Å². The molecule has 1 aromatic heterocycles. The van der Waals surface area contributed by atoms with Crippen LogP contribution >= 0.6 is 0 Å². The normalized spacial score (nSPS) is 13.9. The van der Waals surface area contributed by atoms with E-state index in [1.165, 1.54) is 11.1 Å². The van der Waals surface area contributed by atoms with Crippen molar-refractivity contribution in [1.29, 1.82) is 0 Å². The first-order chi connectivity index (χ1) is 9.22. The molecule has 6 heteroatoms. The van der Waals surface area contributed by atoms with Crippen molar-refractivity contribution >= 4 is 11.9 Å². The molecule has 0 bridgehead atoms. The lowest BCUT2D eigenvalue weighted by atomic mass is 9.98. The Kier molecular flexibility index (Phi) is 3.00. The molecule has 1 aromatic carbocycles. The molecule has 6 nitrogen and oxygen atoms in total. The maximum atomic E-state index is 12.0. The summed E-state index contributed by atoms with van der Waals surface area (Å²) < 4.78 is 5.12. The van der Waals surface area contributed by atoms with Gasteiger partial charge >= 0.3 is 6.01 Å². The number of aromatic nitrogens is 2. The summed E-state index contributed by atoms with van der Waals surface area (Å²) in [6.45, 7) is 3.46. The first kappa shape index (κ1) is 11.9. The zero-order valence-electron chi connectivity index (χ0n) is 10.6. The topological polar surface area (TPSA) is 80.0 Å². The predicted molar refractivity (Wildman–Crippen MR) is 68.8 cm³/mol. The highest BCUT2D eigenvalue weighted by atomic mass is 16.4. The van der Waals surface area contributed by atoms with Crippen molar-refractivity contribution in [2.45, 2.75) is 19.9 Å². The van der Waals surface area contributed by atoms with Crippen molar-refractivity contribution in [3.05, 3.63) is 40.8 Å². The predicted octanol–water partition coefficient (Wildman–Crippen LogP) is 1.28. The van der Waals surface area contributed by atoms with Gasteiger partial charge in [0.25, 0.3) is 5.91 Å². The molecule has 0 fully saturated rings. The number of carbonyl (C=O) groups is 1. The Morgan fingerprint density at radius 2 is 2.26 bits per heavy atom. The summed E-state index contributed by atoms with van der Waals surface area (Å²) in [5.74, 6) is 0.182. The number of benzene rings is 1. The summed E-state index contributed by atoms with van der Waals surface area (Å²) in [5, 5.41) is 13.3. The van der Waals surface area contributed by atoms with E-state index in [4.69, 9.17) is 4.42 Å². The Bertz CT molecular complexity index is 621. The van der Waals surface area contributed by atoms with Crippen LogP contribution in [0.5, 0.6) is 0 Å². The lowest BCUT2D eigenvalue weighted by molar-refractivity contribution is 0.102. The van der Waals surface area contributed by atoms with Gasteiger partial charge in [-0.25, -0.2) is 0 Å². The summed E-state index contributed by atoms with van der Waals surface area (Å²) in [6.07, 6.45) is 1.00. The van der Waals surface area contributed by atoms with E-state index >= 15 is 0 Å². The van der Waals surface area contributed by atoms with Gasteiger partial charge in [-0.3, -0.25) is 10.1 Å². The third-order valence-electron chi connectivity index (χ3n) is 3.10. The van der Waals surface area contributed by atoms with Crippen LogP contribution in [0.1, 0.15) is 27.4 Å². The highest BCUT2D eigenvalue weighted by Gasteiger charge is 2.14. The lowest BCUT2D eigenvalue weighted by Gasteiger charge is -2.17. The lowest BCUT2D eigenvalue weighted by Crippen LogP contribution is -2.24. The molecule has 2 N–H and O–H groups in total. The van der Waals surface area contributed by atoms with E-state index in [9.17, 15) is 4.79 Å². The van der Waals surface area contributed by atoms with E-state index in [0.717, 1.165) is 19.5 Å². The van der Waals surface area contributed by atoms with E-state index in [2.05, 4.69) is 20.8 Å². The third-order valence-corrected chi connectivity index (χ3v) is 3.10. The van der Waals surface area contributed by atoms with Crippen molar-refractivity contribution in [1.82, 2.24) is 15.5 Å². The van der Waals surface area contributed by atoms with Gasteiger partial charge in [-0.2, -0.15) is 0 Å². The van der Waals surface area contributed by atoms with E-state index in [1.807, 2.05) is 18.2 Å². The quantitative estimate of drug-likeness (QED) is 0.848. The first-order valence-corrected chi connectivity index (χ1v) is 6.16. The van der Waals surface area contributed by atoms with Gasteiger partial charge < -0.3 is 9.73 Å². The molecule has 0 saturated carbocycles. The number of amides is 1. The Morgan fingerprint density at radius 3 is 3.05 bits per heavy atom. The smallest absolute Gasteiger partial charge is 0.322 e. The molecule has 1 aliphatic rings. The minimum Gasteiger partial charge on any atom is -0.408 e. The number of rotatable bonds is 2. The van der Waals surface area contributed by atoms with Crippen LogP contribution in [0, 0.1) is 6.92 Å². The Hall–Kier alpha value is -2.21. The van der Waals surface area contributed by atoms with Crippen LogP contribution in [0.3, 0.4) is 0 Å². The van der Waals surface area contributed by atoms with Crippen molar-refractivity contribution in [2.24, 2.45) is 0 Å². The molecule has 19 heavy (non-hydrogen) atoms. The number of anilines is 1. The van der Waals surface area contributed by atoms with Crippen LogP contribution in [0.25, 0.3) is 0 Å². The van der Waals surface area contributed by atoms with Gasteiger partial charge in [0.15, 0.2) is 0 Å². The summed E-state index contributed by atoms with van der Waals surface area (Å²) >= 11 is 0. The summed E-state index contributed by atoms with van der Waals surface area (Å²) in [6, 6.07) is 5.85. The molecule has 0 radical (unpaired) electrons. The molecule has 98 valence electrons. The van der Waals surface area contributed by atoms with Crippen molar-refractivity contribution in [2.75, 3.05) is 11.9 Å². The van der Waals surface area contributed by atoms with Crippen LogP contribution in [0.15, 0.2) is 22.6 Å². The number of aryl methyl sites for hydroxylation is 1. The minimum atomic E-state index is -0.239. The van der Waals surface area contributed by atoms with Gasteiger partial charge in [0.1, 0.15) is 0 Å². The number of nitrogens with zero attached hydrogens (tertiary/aromatic N) is 2. The van der Waals surface area contributed by atoms with Gasteiger partial charge in [-0.15, -0.1) is 5.10 Å². The monoisotopic (exact) mass is 258 g/mol. The molecule has 0 spiro atoms.